The fraction of sp³-hybridized carbons (Fsp3) is 0.227. The lowest BCUT2D eigenvalue weighted by molar-refractivity contribution is -0.134. The van der Waals surface area contributed by atoms with E-state index in [9.17, 15) is 19.1 Å². The van der Waals surface area contributed by atoms with Crippen LogP contribution in [0.2, 0.25) is 5.02 Å². The number of benzene rings is 2. The lowest BCUT2D eigenvalue weighted by Crippen LogP contribution is -2.35. The SMILES string of the molecule is O=C(O)c1cc(Cl)ccc1OCC(=O)N(CCCn1ccnc1)Cc1ccc(F)cc1. The summed E-state index contributed by atoms with van der Waals surface area (Å²) in [5.74, 6) is -1.81. The Bertz CT molecular complexity index is 1030. The van der Waals surface area contributed by atoms with Gasteiger partial charge in [0.05, 0.1) is 6.33 Å². The zero-order chi connectivity index (χ0) is 22.2. The average Bonchev–Trinajstić information content (AvgIpc) is 3.26. The van der Waals surface area contributed by atoms with Crippen LogP contribution in [0.3, 0.4) is 0 Å². The first-order valence-electron chi connectivity index (χ1n) is 9.56. The number of aromatic nitrogens is 2. The van der Waals surface area contributed by atoms with Crippen molar-refractivity contribution >= 4 is 23.5 Å². The van der Waals surface area contributed by atoms with Crippen molar-refractivity contribution in [2.45, 2.75) is 19.5 Å². The predicted octanol–water partition coefficient (Wildman–Crippen LogP) is 3.87. The number of carbonyl (C=O) groups excluding carboxylic acids is 1. The van der Waals surface area contributed by atoms with Crippen molar-refractivity contribution in [3.63, 3.8) is 0 Å². The van der Waals surface area contributed by atoms with Crippen LogP contribution < -0.4 is 4.74 Å². The van der Waals surface area contributed by atoms with Crippen molar-refractivity contribution in [2.75, 3.05) is 13.2 Å². The molecule has 0 aliphatic carbocycles. The van der Waals surface area contributed by atoms with E-state index in [0.29, 0.717) is 19.5 Å². The highest BCUT2D eigenvalue weighted by molar-refractivity contribution is 6.31. The third-order valence-electron chi connectivity index (χ3n) is 4.57. The summed E-state index contributed by atoms with van der Waals surface area (Å²) in [4.78, 5) is 29.9. The quantitative estimate of drug-likeness (QED) is 0.512. The molecule has 0 saturated heterocycles. The van der Waals surface area contributed by atoms with E-state index < -0.39 is 5.97 Å². The molecule has 31 heavy (non-hydrogen) atoms. The van der Waals surface area contributed by atoms with Crippen molar-refractivity contribution < 1.29 is 23.8 Å². The summed E-state index contributed by atoms with van der Waals surface area (Å²) >= 11 is 5.85. The van der Waals surface area contributed by atoms with E-state index >= 15 is 0 Å². The van der Waals surface area contributed by atoms with E-state index in [2.05, 4.69) is 4.98 Å². The molecule has 3 rings (SSSR count). The standard InChI is InChI=1S/C22H21ClFN3O4/c23-17-4-7-20(19(12-17)22(29)30)31-14-21(28)27(10-1-9-26-11-8-25-15-26)13-16-2-5-18(24)6-3-16/h2-8,11-12,15H,1,9-10,13-14H2,(H,29,30). The number of hydrogen-bond donors (Lipinski definition) is 1. The second-order valence-electron chi connectivity index (χ2n) is 6.83. The largest absolute Gasteiger partial charge is 0.483 e. The minimum Gasteiger partial charge on any atom is -0.483 e. The molecule has 1 aromatic heterocycles. The first kappa shape index (κ1) is 22.3. The van der Waals surface area contributed by atoms with Gasteiger partial charge in [-0.25, -0.2) is 14.2 Å². The maximum Gasteiger partial charge on any atom is 0.339 e. The van der Waals surface area contributed by atoms with Crippen molar-refractivity contribution in [1.82, 2.24) is 14.5 Å². The van der Waals surface area contributed by atoms with E-state index in [1.807, 2.05) is 10.8 Å². The van der Waals surface area contributed by atoms with Gasteiger partial charge in [0.1, 0.15) is 17.1 Å². The maximum absolute atomic E-state index is 13.2. The summed E-state index contributed by atoms with van der Waals surface area (Å²) in [6, 6.07) is 10.1. The predicted molar refractivity (Wildman–Crippen MR) is 113 cm³/mol. The number of carboxylic acids is 1. The number of halogens is 2. The van der Waals surface area contributed by atoms with Gasteiger partial charge in [-0.1, -0.05) is 23.7 Å². The van der Waals surface area contributed by atoms with Crippen LogP contribution in [0.25, 0.3) is 0 Å². The average molecular weight is 446 g/mol. The summed E-state index contributed by atoms with van der Waals surface area (Å²) in [6.07, 6.45) is 5.89. The molecule has 9 heteroatoms. The third-order valence-corrected chi connectivity index (χ3v) is 4.80. The number of imidazole rings is 1. The summed E-state index contributed by atoms with van der Waals surface area (Å²) in [5.41, 5.74) is 0.653. The Hall–Kier alpha value is -3.39. The number of carboxylic acid groups (broad SMARTS) is 1. The van der Waals surface area contributed by atoms with Crippen LogP contribution >= 0.6 is 11.6 Å². The molecule has 0 atom stereocenters. The minimum atomic E-state index is -1.20. The first-order valence-corrected chi connectivity index (χ1v) is 9.94. The summed E-state index contributed by atoms with van der Waals surface area (Å²) in [5, 5.41) is 9.57. The molecule has 0 bridgehead atoms. The van der Waals surface area contributed by atoms with Crippen molar-refractivity contribution in [3.8, 4) is 5.75 Å². The second kappa shape index (κ2) is 10.6. The van der Waals surface area contributed by atoms with Gasteiger partial charge >= 0.3 is 5.97 Å². The smallest absolute Gasteiger partial charge is 0.339 e. The second-order valence-corrected chi connectivity index (χ2v) is 7.27. The molecule has 0 fully saturated rings. The van der Waals surface area contributed by atoms with Gasteiger partial charge in [0, 0.05) is 37.1 Å². The number of aryl methyl sites for hydroxylation is 1. The molecular weight excluding hydrogens is 425 g/mol. The molecule has 0 aliphatic heterocycles. The van der Waals surface area contributed by atoms with Crippen molar-refractivity contribution in [2.24, 2.45) is 0 Å². The first-order chi connectivity index (χ1) is 14.9. The third kappa shape index (κ3) is 6.55. The Morgan fingerprint density at radius 3 is 2.65 bits per heavy atom. The van der Waals surface area contributed by atoms with Gasteiger partial charge in [-0.2, -0.15) is 0 Å². The zero-order valence-electron chi connectivity index (χ0n) is 16.6. The van der Waals surface area contributed by atoms with Crippen LogP contribution in [0.5, 0.6) is 5.75 Å². The number of carbonyl (C=O) groups is 2. The molecule has 1 amide bonds. The van der Waals surface area contributed by atoms with Crippen LogP contribution in [-0.2, 0) is 17.9 Å². The minimum absolute atomic E-state index is 0.0606. The molecule has 1 heterocycles. The van der Waals surface area contributed by atoms with Crippen LogP contribution in [0, 0.1) is 5.82 Å². The van der Waals surface area contributed by atoms with Crippen LogP contribution in [0.15, 0.2) is 61.2 Å². The zero-order valence-corrected chi connectivity index (χ0v) is 17.3. The van der Waals surface area contributed by atoms with E-state index in [1.54, 1.807) is 29.6 Å². The fourth-order valence-corrected chi connectivity index (χ4v) is 3.16. The lowest BCUT2D eigenvalue weighted by atomic mass is 10.2. The van der Waals surface area contributed by atoms with Gasteiger partial charge in [-0.3, -0.25) is 4.79 Å². The Kier molecular flexibility index (Phi) is 7.61. The molecule has 1 N–H and O–H groups in total. The van der Waals surface area contributed by atoms with Crippen LogP contribution in [0.4, 0.5) is 4.39 Å². The van der Waals surface area contributed by atoms with E-state index in [0.717, 1.165) is 5.56 Å². The highest BCUT2D eigenvalue weighted by Gasteiger charge is 2.18. The molecule has 7 nitrogen and oxygen atoms in total. The number of amides is 1. The van der Waals surface area contributed by atoms with Gasteiger partial charge in [0.25, 0.3) is 5.91 Å². The fourth-order valence-electron chi connectivity index (χ4n) is 2.99. The Morgan fingerprint density at radius 2 is 1.97 bits per heavy atom. The highest BCUT2D eigenvalue weighted by Crippen LogP contribution is 2.23. The van der Waals surface area contributed by atoms with Gasteiger partial charge < -0.3 is 19.3 Å². The van der Waals surface area contributed by atoms with Gasteiger partial charge in [0.15, 0.2) is 6.61 Å². The van der Waals surface area contributed by atoms with E-state index in [1.165, 1.54) is 30.3 Å². The lowest BCUT2D eigenvalue weighted by Gasteiger charge is -2.23. The van der Waals surface area contributed by atoms with E-state index in [4.69, 9.17) is 16.3 Å². The molecule has 0 aliphatic rings. The molecular formula is C22H21ClFN3O4. The van der Waals surface area contributed by atoms with E-state index in [-0.39, 0.29) is 41.2 Å². The monoisotopic (exact) mass is 445 g/mol. The van der Waals surface area contributed by atoms with Gasteiger partial charge in [-0.15, -0.1) is 0 Å². The van der Waals surface area contributed by atoms with Gasteiger partial charge in [0.2, 0.25) is 0 Å². The summed E-state index contributed by atoms with van der Waals surface area (Å²) in [6.45, 7) is 1.05. The molecule has 0 saturated carbocycles. The summed E-state index contributed by atoms with van der Waals surface area (Å²) in [7, 11) is 0. The molecule has 2 aromatic carbocycles. The van der Waals surface area contributed by atoms with Crippen molar-refractivity contribution in [1.29, 1.82) is 0 Å². The van der Waals surface area contributed by atoms with Crippen LogP contribution in [0.1, 0.15) is 22.3 Å². The molecule has 162 valence electrons. The van der Waals surface area contributed by atoms with Crippen molar-refractivity contribution in [3.05, 3.63) is 83.2 Å². The Balaban J connectivity index is 1.67. The topological polar surface area (TPSA) is 84.7 Å². The summed E-state index contributed by atoms with van der Waals surface area (Å²) < 4.78 is 20.6. The Morgan fingerprint density at radius 1 is 1.19 bits per heavy atom. The number of ether oxygens (including phenoxy) is 1. The number of nitrogens with zero attached hydrogens (tertiary/aromatic N) is 3. The molecule has 0 radical (unpaired) electrons. The molecule has 0 spiro atoms. The highest BCUT2D eigenvalue weighted by atomic mass is 35.5. The number of rotatable bonds is 10. The maximum atomic E-state index is 13.2. The van der Waals surface area contributed by atoms with Crippen LogP contribution in [-0.4, -0.2) is 44.6 Å². The number of hydrogen-bond acceptors (Lipinski definition) is 4. The molecule has 3 aromatic rings. The molecule has 0 unspecified atom stereocenters. The normalized spacial score (nSPS) is 10.6. The Labute approximate surface area is 183 Å². The number of aromatic carboxylic acids is 1. The van der Waals surface area contributed by atoms with Gasteiger partial charge in [-0.05, 0) is 42.3 Å².